The highest BCUT2D eigenvalue weighted by atomic mass is 32.2. The van der Waals surface area contributed by atoms with Crippen molar-refractivity contribution in [1.29, 1.82) is 0 Å². The average Bonchev–Trinajstić information content (AvgIpc) is 3.52. The molecule has 4 aromatic rings. The Balaban J connectivity index is 1.36. The van der Waals surface area contributed by atoms with Gasteiger partial charge in [-0.3, -0.25) is 4.79 Å². The number of thiophene rings is 2. The normalized spacial score (nSPS) is 14.9. The van der Waals surface area contributed by atoms with E-state index in [2.05, 4.69) is 4.98 Å². The first-order valence-corrected chi connectivity index (χ1v) is 13.2. The Labute approximate surface area is 185 Å². The molecule has 5 rings (SSSR count). The van der Waals surface area contributed by atoms with Crippen LogP contribution in [0, 0.1) is 0 Å². The van der Waals surface area contributed by atoms with E-state index in [1.807, 2.05) is 35.0 Å². The molecule has 30 heavy (non-hydrogen) atoms. The summed E-state index contributed by atoms with van der Waals surface area (Å²) in [5, 5.41) is 4.72. The summed E-state index contributed by atoms with van der Waals surface area (Å²) in [7, 11) is -3.78. The summed E-state index contributed by atoms with van der Waals surface area (Å²) >= 11 is 4.65. The quantitative estimate of drug-likeness (QED) is 0.407. The average molecular weight is 474 g/mol. The lowest BCUT2D eigenvalue weighted by molar-refractivity contribution is 0.0876. The van der Waals surface area contributed by atoms with Gasteiger partial charge in [0.15, 0.2) is 5.16 Å². The minimum absolute atomic E-state index is 0.0814. The zero-order valence-electron chi connectivity index (χ0n) is 15.4. The van der Waals surface area contributed by atoms with Gasteiger partial charge in [-0.1, -0.05) is 36.0 Å². The number of hydrogen-bond acceptors (Lipinski definition) is 7. The van der Waals surface area contributed by atoms with E-state index in [9.17, 15) is 13.2 Å². The molecule has 0 unspecified atom stereocenters. The summed E-state index contributed by atoms with van der Waals surface area (Å²) in [6.07, 6.45) is 0. The number of aromatic amines is 1. The number of thioether (sulfide) groups is 1. The van der Waals surface area contributed by atoms with Crippen LogP contribution in [0.2, 0.25) is 0 Å². The van der Waals surface area contributed by atoms with Crippen molar-refractivity contribution in [2.45, 2.75) is 10.1 Å². The second-order valence-corrected chi connectivity index (χ2v) is 11.3. The van der Waals surface area contributed by atoms with Crippen LogP contribution in [0.1, 0.15) is 10.4 Å². The first-order valence-electron chi connectivity index (χ1n) is 9.02. The number of aromatic nitrogens is 2. The standard InChI is InChI=1S/C20H15N3O3S4/c24-19-13-5-1-2-8-16(13)30(25,26)23(19)9-12-29-20-21-17(14-6-3-10-27-14)18(22-20)15-7-4-11-28-15/h1-8,10-11H,9,12H2,(H,21,22). The molecule has 152 valence electrons. The van der Waals surface area contributed by atoms with E-state index in [1.54, 1.807) is 40.9 Å². The molecule has 0 saturated carbocycles. The smallest absolute Gasteiger partial charge is 0.269 e. The number of benzene rings is 1. The lowest BCUT2D eigenvalue weighted by atomic mass is 10.2. The molecule has 1 aliphatic rings. The highest BCUT2D eigenvalue weighted by Gasteiger charge is 2.40. The molecule has 1 N–H and O–H groups in total. The summed E-state index contributed by atoms with van der Waals surface area (Å²) in [5.74, 6) is -0.0653. The Hall–Kier alpha value is -2.40. The van der Waals surface area contributed by atoms with Gasteiger partial charge in [-0.2, -0.15) is 0 Å². The van der Waals surface area contributed by atoms with Crippen LogP contribution in [0.3, 0.4) is 0 Å². The van der Waals surface area contributed by atoms with Crippen LogP contribution in [0.15, 0.2) is 69.3 Å². The number of sulfonamides is 1. The second kappa shape index (κ2) is 7.69. The number of rotatable bonds is 6. The number of carbonyl (C=O) groups is 1. The van der Waals surface area contributed by atoms with E-state index >= 15 is 0 Å². The molecule has 0 aliphatic carbocycles. The molecule has 6 nitrogen and oxygen atoms in total. The number of amides is 1. The van der Waals surface area contributed by atoms with E-state index in [0.717, 1.165) is 25.4 Å². The van der Waals surface area contributed by atoms with E-state index in [0.29, 0.717) is 10.9 Å². The van der Waals surface area contributed by atoms with Crippen LogP contribution in [-0.4, -0.2) is 40.9 Å². The fourth-order valence-corrected chi connectivity index (χ4v) is 7.22. The van der Waals surface area contributed by atoms with Gasteiger partial charge in [-0.25, -0.2) is 17.7 Å². The van der Waals surface area contributed by atoms with Gasteiger partial charge in [0.05, 0.1) is 21.0 Å². The van der Waals surface area contributed by atoms with Gasteiger partial charge >= 0.3 is 0 Å². The predicted octanol–water partition coefficient (Wildman–Crippen LogP) is 4.80. The van der Waals surface area contributed by atoms with Crippen molar-refractivity contribution in [2.24, 2.45) is 0 Å². The SMILES string of the molecule is O=C1c2ccccc2S(=O)(=O)N1CCSc1nc(-c2cccs2)c(-c2cccs2)[nH]1. The predicted molar refractivity (Wildman–Crippen MR) is 121 cm³/mol. The number of carbonyl (C=O) groups excluding carboxylic acids is 1. The van der Waals surface area contributed by atoms with E-state index in [-0.39, 0.29) is 17.0 Å². The van der Waals surface area contributed by atoms with Crippen molar-refractivity contribution < 1.29 is 13.2 Å². The third kappa shape index (κ3) is 3.29. The first-order chi connectivity index (χ1) is 14.6. The van der Waals surface area contributed by atoms with Gasteiger partial charge in [-0.05, 0) is 35.0 Å². The first kappa shape index (κ1) is 19.6. The molecule has 0 saturated heterocycles. The summed E-state index contributed by atoms with van der Waals surface area (Å²) < 4.78 is 26.3. The van der Waals surface area contributed by atoms with Crippen molar-refractivity contribution in [3.8, 4) is 21.1 Å². The molecule has 0 fully saturated rings. The molecule has 0 atom stereocenters. The topological polar surface area (TPSA) is 83.1 Å². The van der Waals surface area contributed by atoms with Crippen molar-refractivity contribution in [2.75, 3.05) is 12.3 Å². The van der Waals surface area contributed by atoms with Gasteiger partial charge in [0, 0.05) is 12.3 Å². The molecular formula is C20H15N3O3S4. The maximum atomic E-state index is 12.7. The van der Waals surface area contributed by atoms with Crippen LogP contribution < -0.4 is 0 Å². The summed E-state index contributed by atoms with van der Waals surface area (Å²) in [5.41, 5.74) is 2.07. The Bertz CT molecular complexity index is 1260. The molecule has 10 heteroatoms. The number of nitrogens with one attached hydrogen (secondary N) is 1. The van der Waals surface area contributed by atoms with Crippen LogP contribution in [0.4, 0.5) is 0 Å². The highest BCUT2D eigenvalue weighted by Crippen LogP contribution is 2.37. The fraction of sp³-hybridized carbons (Fsp3) is 0.100. The van der Waals surface area contributed by atoms with E-state index in [1.165, 1.54) is 17.8 Å². The van der Waals surface area contributed by atoms with Gasteiger partial charge in [-0.15, -0.1) is 22.7 Å². The number of H-pyrrole nitrogens is 1. The van der Waals surface area contributed by atoms with E-state index in [4.69, 9.17) is 4.98 Å². The maximum Gasteiger partial charge on any atom is 0.269 e. The lowest BCUT2D eigenvalue weighted by Gasteiger charge is -2.14. The zero-order chi connectivity index (χ0) is 20.7. The molecule has 1 aromatic carbocycles. The Kier molecular flexibility index (Phi) is 5.02. The van der Waals surface area contributed by atoms with Gasteiger partial charge in [0.2, 0.25) is 0 Å². The zero-order valence-corrected chi connectivity index (χ0v) is 18.7. The second-order valence-electron chi connectivity index (χ2n) is 6.45. The molecule has 4 heterocycles. The summed E-state index contributed by atoms with van der Waals surface area (Å²) in [4.78, 5) is 22.9. The van der Waals surface area contributed by atoms with Crippen molar-refractivity contribution >= 4 is 50.4 Å². The van der Waals surface area contributed by atoms with Crippen molar-refractivity contribution in [3.05, 3.63) is 64.9 Å². The molecule has 3 aromatic heterocycles. The molecular weight excluding hydrogens is 459 g/mol. The largest absolute Gasteiger partial charge is 0.332 e. The molecule has 0 radical (unpaired) electrons. The molecule has 0 bridgehead atoms. The van der Waals surface area contributed by atoms with Gasteiger partial charge in [0.25, 0.3) is 15.9 Å². The molecule has 1 aliphatic heterocycles. The third-order valence-electron chi connectivity index (χ3n) is 4.65. The number of hydrogen-bond donors (Lipinski definition) is 1. The lowest BCUT2D eigenvalue weighted by Crippen LogP contribution is -2.32. The number of imidazole rings is 1. The van der Waals surface area contributed by atoms with E-state index < -0.39 is 15.9 Å². The maximum absolute atomic E-state index is 12.7. The van der Waals surface area contributed by atoms with Crippen molar-refractivity contribution in [3.63, 3.8) is 0 Å². The molecule has 1 amide bonds. The van der Waals surface area contributed by atoms with Crippen LogP contribution >= 0.6 is 34.4 Å². The molecule has 0 spiro atoms. The third-order valence-corrected chi connectivity index (χ3v) is 9.11. The van der Waals surface area contributed by atoms with Gasteiger partial charge in [0.1, 0.15) is 10.6 Å². The fourth-order valence-electron chi connectivity index (χ4n) is 3.29. The summed E-state index contributed by atoms with van der Waals surface area (Å²) in [6, 6.07) is 14.4. The summed E-state index contributed by atoms with van der Waals surface area (Å²) in [6.45, 7) is 0.0872. The van der Waals surface area contributed by atoms with Gasteiger partial charge < -0.3 is 4.98 Å². The minimum Gasteiger partial charge on any atom is -0.332 e. The van der Waals surface area contributed by atoms with Crippen molar-refractivity contribution in [1.82, 2.24) is 14.3 Å². The Morgan fingerprint density at radius 3 is 2.43 bits per heavy atom. The minimum atomic E-state index is -3.78. The monoisotopic (exact) mass is 473 g/mol. The number of fused-ring (bicyclic) bond motifs is 1. The van der Waals surface area contributed by atoms with Crippen LogP contribution in [-0.2, 0) is 10.0 Å². The Morgan fingerprint density at radius 2 is 1.73 bits per heavy atom. The highest BCUT2D eigenvalue weighted by molar-refractivity contribution is 7.99. The van der Waals surface area contributed by atoms with Crippen LogP contribution in [0.25, 0.3) is 21.1 Å². The Morgan fingerprint density at radius 1 is 1.00 bits per heavy atom. The number of nitrogens with zero attached hydrogens (tertiary/aromatic N) is 2. The van der Waals surface area contributed by atoms with Crippen LogP contribution in [0.5, 0.6) is 0 Å².